The molecule has 0 saturated carbocycles. The largest absolute Gasteiger partial charge is 0.384 e. The monoisotopic (exact) mass is 533 g/mol. The second-order valence-electron chi connectivity index (χ2n) is 8.77. The first kappa shape index (κ1) is 23.7. The van der Waals surface area contributed by atoms with E-state index in [2.05, 4.69) is 37.1 Å². The van der Waals surface area contributed by atoms with Gasteiger partial charge in [-0.2, -0.15) is 18.4 Å². The summed E-state index contributed by atoms with van der Waals surface area (Å²) in [7, 11) is 0. The summed E-state index contributed by atoms with van der Waals surface area (Å²) in [6.07, 6.45) is 3.51. The number of pyridine rings is 2. The minimum atomic E-state index is -0.890. The molecule has 0 amide bonds. The highest BCUT2D eigenvalue weighted by Crippen LogP contribution is 2.39. The van der Waals surface area contributed by atoms with E-state index < -0.39 is 17.9 Å². The number of aromatic nitrogens is 8. The van der Waals surface area contributed by atoms with Crippen molar-refractivity contribution in [3.63, 3.8) is 0 Å². The molecule has 6 rings (SSSR count). The normalized spacial score (nSPS) is 16.5. The van der Waals surface area contributed by atoms with Crippen LogP contribution in [0.2, 0.25) is 5.02 Å². The third-order valence-corrected chi connectivity index (χ3v) is 6.79. The Balaban J connectivity index is 1.47. The van der Waals surface area contributed by atoms with Crippen molar-refractivity contribution >= 4 is 17.4 Å². The molecular formula is C25H18ClF2N9O. The van der Waals surface area contributed by atoms with Crippen LogP contribution in [0.5, 0.6) is 0 Å². The van der Waals surface area contributed by atoms with Crippen LogP contribution in [0.1, 0.15) is 17.4 Å². The maximum atomic E-state index is 15.2. The predicted octanol–water partition coefficient (Wildman–Crippen LogP) is 3.74. The second kappa shape index (κ2) is 8.99. The fourth-order valence-corrected chi connectivity index (χ4v) is 5.06. The van der Waals surface area contributed by atoms with Gasteiger partial charge in [0.25, 0.3) is 5.56 Å². The Bertz CT molecular complexity index is 1760. The van der Waals surface area contributed by atoms with Gasteiger partial charge in [0.15, 0.2) is 0 Å². The number of fused-ring (bicyclic) bond motifs is 1. The van der Waals surface area contributed by atoms with Crippen LogP contribution < -0.4 is 11.3 Å². The number of aromatic amines is 1. The maximum absolute atomic E-state index is 15.2. The number of benzene rings is 1. The number of imidazole rings is 1. The molecule has 38 heavy (non-hydrogen) atoms. The molecule has 0 bridgehead atoms. The van der Waals surface area contributed by atoms with Crippen LogP contribution in [0.3, 0.4) is 0 Å². The number of H-pyrrole nitrogens is 1. The van der Waals surface area contributed by atoms with Crippen LogP contribution in [-0.2, 0) is 6.42 Å². The van der Waals surface area contributed by atoms with E-state index in [1.807, 2.05) is 6.07 Å². The van der Waals surface area contributed by atoms with Crippen molar-refractivity contribution in [1.29, 1.82) is 0 Å². The van der Waals surface area contributed by atoms with E-state index in [0.717, 1.165) is 0 Å². The minimum absolute atomic E-state index is 0.0137. The van der Waals surface area contributed by atoms with Crippen molar-refractivity contribution in [1.82, 2.24) is 39.7 Å². The van der Waals surface area contributed by atoms with Gasteiger partial charge in [-0.1, -0.05) is 17.7 Å². The number of allylic oxidation sites excluding steroid dienone is 1. The van der Waals surface area contributed by atoms with Gasteiger partial charge in [0.1, 0.15) is 18.0 Å². The molecule has 3 N–H and O–H groups in total. The van der Waals surface area contributed by atoms with Gasteiger partial charge in [-0.15, -0.1) is 11.7 Å². The first-order valence-corrected chi connectivity index (χ1v) is 11.8. The Morgan fingerprint density at radius 1 is 1.11 bits per heavy atom. The first-order chi connectivity index (χ1) is 18.3. The van der Waals surface area contributed by atoms with Gasteiger partial charge in [0, 0.05) is 28.3 Å². The molecule has 4 aromatic heterocycles. The lowest BCUT2D eigenvalue weighted by atomic mass is 9.97. The van der Waals surface area contributed by atoms with Crippen LogP contribution in [0.25, 0.3) is 28.2 Å². The molecule has 0 aliphatic carbocycles. The van der Waals surface area contributed by atoms with E-state index in [1.54, 1.807) is 24.3 Å². The maximum Gasteiger partial charge on any atom is 0.251 e. The molecule has 0 spiro atoms. The highest BCUT2D eigenvalue weighted by Gasteiger charge is 2.37. The zero-order chi connectivity index (χ0) is 26.6. The topological polar surface area (TPSA) is 133 Å². The number of nitrogens with zero attached hydrogens (tertiary/aromatic N) is 7. The van der Waals surface area contributed by atoms with Crippen LogP contribution in [0.15, 0.2) is 66.2 Å². The van der Waals surface area contributed by atoms with Gasteiger partial charge < -0.3 is 15.3 Å². The van der Waals surface area contributed by atoms with Gasteiger partial charge in [-0.05, 0) is 58.8 Å². The zero-order valence-electron chi connectivity index (χ0n) is 19.5. The summed E-state index contributed by atoms with van der Waals surface area (Å²) >= 11 is 6.28. The molecule has 0 radical (unpaired) electrons. The summed E-state index contributed by atoms with van der Waals surface area (Å²) < 4.78 is 32.6. The lowest BCUT2D eigenvalue weighted by molar-refractivity contribution is 0.464. The van der Waals surface area contributed by atoms with E-state index in [-0.39, 0.29) is 34.4 Å². The second-order valence-corrected chi connectivity index (χ2v) is 9.21. The summed E-state index contributed by atoms with van der Waals surface area (Å²) in [4.78, 5) is 23.8. The summed E-state index contributed by atoms with van der Waals surface area (Å²) in [5, 5.41) is 11.8. The highest BCUT2D eigenvalue weighted by atomic mass is 35.5. The van der Waals surface area contributed by atoms with Crippen molar-refractivity contribution < 1.29 is 8.78 Å². The van der Waals surface area contributed by atoms with Crippen molar-refractivity contribution in [2.24, 2.45) is 5.92 Å². The summed E-state index contributed by atoms with van der Waals surface area (Å²) in [5.41, 5.74) is 7.66. The van der Waals surface area contributed by atoms with Crippen LogP contribution >= 0.6 is 11.6 Å². The molecular weight excluding hydrogens is 516 g/mol. The third-order valence-electron chi connectivity index (χ3n) is 6.55. The molecule has 5 heterocycles. The summed E-state index contributed by atoms with van der Waals surface area (Å²) in [5.74, 6) is -2.16. The van der Waals surface area contributed by atoms with Crippen molar-refractivity contribution in [3.05, 3.63) is 100 Å². The van der Waals surface area contributed by atoms with Crippen molar-refractivity contribution in [3.8, 4) is 28.2 Å². The number of halogens is 3. The number of nitrogen functional groups attached to an aromatic ring is 1. The summed E-state index contributed by atoms with van der Waals surface area (Å²) in [6, 6.07) is 10.4. The van der Waals surface area contributed by atoms with E-state index >= 15 is 4.39 Å². The molecule has 10 nitrogen and oxygen atoms in total. The smallest absolute Gasteiger partial charge is 0.251 e. The predicted molar refractivity (Wildman–Crippen MR) is 136 cm³/mol. The van der Waals surface area contributed by atoms with Crippen LogP contribution in [0.4, 0.5) is 14.6 Å². The molecule has 190 valence electrons. The van der Waals surface area contributed by atoms with Gasteiger partial charge in [0.2, 0.25) is 11.9 Å². The summed E-state index contributed by atoms with van der Waals surface area (Å²) in [6.45, 7) is 3.89. The Hall–Kier alpha value is -4.71. The number of hydrogen-bond donors (Lipinski definition) is 2. The van der Waals surface area contributed by atoms with Gasteiger partial charge in [0.05, 0.1) is 23.0 Å². The molecule has 1 aromatic carbocycles. The Morgan fingerprint density at radius 3 is 2.68 bits per heavy atom. The number of nitrogens with two attached hydrogens (primary N) is 1. The van der Waals surface area contributed by atoms with E-state index in [1.165, 1.54) is 33.8 Å². The molecule has 5 aromatic rings. The first-order valence-electron chi connectivity index (χ1n) is 11.4. The molecule has 13 heteroatoms. The molecule has 0 unspecified atom stereocenters. The standard InChI is InChI=1S/C25H18ClF2N9O/c1-2-12-7-15-8-13(17-10-14(26)3-5-18(17)36-11-30-34-35-36)9-20(38)37(15)22(12)21-24(28)33-25(32-21)16-4-6-19(29)31-23(16)27/h2-6,8-12,22H,1,7H2,(H2,29,31)(H,32,33)/t12-,22-/m0/s1. The number of tetrazole rings is 1. The fraction of sp³-hybridized carbons (Fsp3) is 0.120. The number of nitrogens with one attached hydrogen (secondary N) is 1. The average molecular weight is 534 g/mol. The van der Waals surface area contributed by atoms with Crippen LogP contribution in [0, 0.1) is 17.8 Å². The quantitative estimate of drug-likeness (QED) is 0.260. The Morgan fingerprint density at radius 2 is 1.95 bits per heavy atom. The van der Waals surface area contributed by atoms with Crippen molar-refractivity contribution in [2.45, 2.75) is 12.5 Å². The van der Waals surface area contributed by atoms with E-state index in [4.69, 9.17) is 17.3 Å². The Labute approximate surface area is 218 Å². The van der Waals surface area contributed by atoms with E-state index in [9.17, 15) is 9.18 Å². The molecule has 1 aliphatic heterocycles. The van der Waals surface area contributed by atoms with Gasteiger partial charge in [-0.3, -0.25) is 4.79 Å². The lowest BCUT2D eigenvalue weighted by Gasteiger charge is -2.18. The SMILES string of the molecule is C=C[C@H]1Cc2cc(-c3cc(Cl)ccc3-n3cnnn3)cc(=O)n2[C@@H]1c1[nH]c(-c2ccc(N)nc2F)nc1F. The highest BCUT2D eigenvalue weighted by molar-refractivity contribution is 6.31. The molecule has 0 saturated heterocycles. The zero-order valence-corrected chi connectivity index (χ0v) is 20.3. The van der Waals surface area contributed by atoms with Crippen molar-refractivity contribution in [2.75, 3.05) is 5.73 Å². The van der Waals surface area contributed by atoms with Gasteiger partial charge in [-0.25, -0.2) is 4.98 Å². The van der Waals surface area contributed by atoms with Crippen LogP contribution in [-0.4, -0.2) is 39.7 Å². The Kier molecular flexibility index (Phi) is 5.60. The minimum Gasteiger partial charge on any atom is -0.384 e. The molecule has 2 atom stereocenters. The van der Waals surface area contributed by atoms with E-state index in [0.29, 0.717) is 34.0 Å². The number of rotatable bonds is 5. The average Bonchev–Trinajstić information content (AvgIpc) is 3.62. The molecule has 1 aliphatic rings. The van der Waals surface area contributed by atoms with Gasteiger partial charge >= 0.3 is 0 Å². The lowest BCUT2D eigenvalue weighted by Crippen LogP contribution is -2.26. The number of anilines is 1. The number of hydrogen-bond acceptors (Lipinski definition) is 7. The molecule has 0 fully saturated rings. The fourth-order valence-electron chi connectivity index (χ4n) is 4.89. The third kappa shape index (κ3) is 3.86.